The van der Waals surface area contributed by atoms with Crippen LogP contribution in [0.4, 0.5) is 0 Å². The molecule has 0 spiro atoms. The van der Waals surface area contributed by atoms with Crippen molar-refractivity contribution in [3.05, 3.63) is 65.2 Å². The van der Waals surface area contributed by atoms with E-state index >= 15 is 0 Å². The molecule has 1 aliphatic rings. The summed E-state index contributed by atoms with van der Waals surface area (Å²) in [5, 5.41) is 20.5. The van der Waals surface area contributed by atoms with Gasteiger partial charge in [0.15, 0.2) is 0 Å². The van der Waals surface area contributed by atoms with Gasteiger partial charge in [-0.05, 0) is 54.5 Å². The zero-order chi connectivity index (χ0) is 14.0. The molecule has 3 rings (SSSR count). The van der Waals surface area contributed by atoms with Gasteiger partial charge in [-0.2, -0.15) is 0 Å². The van der Waals surface area contributed by atoms with E-state index in [-0.39, 0.29) is 5.75 Å². The summed E-state index contributed by atoms with van der Waals surface area (Å²) in [6.45, 7) is 0. The highest BCUT2D eigenvalue weighted by Crippen LogP contribution is 2.36. The van der Waals surface area contributed by atoms with Gasteiger partial charge in [-0.15, -0.1) is 0 Å². The van der Waals surface area contributed by atoms with Crippen molar-refractivity contribution >= 4 is 0 Å². The Morgan fingerprint density at radius 2 is 1.70 bits per heavy atom. The summed E-state index contributed by atoms with van der Waals surface area (Å²) in [6, 6.07) is 15.4. The molecule has 0 amide bonds. The van der Waals surface area contributed by atoms with Gasteiger partial charge in [0.2, 0.25) is 0 Å². The standard InChI is InChI=1S/C18H20O2/c19-16-10-8-14(9-11-16)13-18(20)12-4-3-6-15-5-1-2-7-17(15)18/h1-2,5,7-11,19-20H,3-4,6,12-13H2. The molecule has 0 fully saturated rings. The number of hydrogen-bond acceptors (Lipinski definition) is 2. The molecule has 2 nitrogen and oxygen atoms in total. The predicted molar refractivity (Wildman–Crippen MR) is 79.7 cm³/mol. The quantitative estimate of drug-likeness (QED) is 0.818. The number of benzene rings is 2. The summed E-state index contributed by atoms with van der Waals surface area (Å²) in [6.07, 6.45) is 4.63. The maximum atomic E-state index is 11.2. The van der Waals surface area contributed by atoms with Gasteiger partial charge in [0.05, 0.1) is 5.60 Å². The number of rotatable bonds is 2. The first-order valence-electron chi connectivity index (χ1n) is 7.26. The first kappa shape index (κ1) is 13.2. The highest BCUT2D eigenvalue weighted by atomic mass is 16.3. The molecular formula is C18H20O2. The van der Waals surface area contributed by atoms with Crippen LogP contribution in [-0.2, 0) is 18.4 Å². The molecule has 0 aliphatic heterocycles. The highest BCUT2D eigenvalue weighted by Gasteiger charge is 2.32. The van der Waals surface area contributed by atoms with E-state index in [4.69, 9.17) is 0 Å². The molecule has 0 saturated carbocycles. The Hall–Kier alpha value is -1.80. The summed E-state index contributed by atoms with van der Waals surface area (Å²) >= 11 is 0. The van der Waals surface area contributed by atoms with Gasteiger partial charge in [-0.3, -0.25) is 0 Å². The summed E-state index contributed by atoms with van der Waals surface area (Å²) in [7, 11) is 0. The molecule has 20 heavy (non-hydrogen) atoms. The first-order valence-corrected chi connectivity index (χ1v) is 7.26. The van der Waals surface area contributed by atoms with Crippen LogP contribution in [0.5, 0.6) is 5.75 Å². The fourth-order valence-corrected chi connectivity index (χ4v) is 3.19. The number of aliphatic hydroxyl groups is 1. The summed E-state index contributed by atoms with van der Waals surface area (Å²) in [5.74, 6) is 0.266. The Morgan fingerprint density at radius 1 is 0.950 bits per heavy atom. The second-order valence-electron chi connectivity index (χ2n) is 5.74. The zero-order valence-electron chi connectivity index (χ0n) is 11.5. The van der Waals surface area contributed by atoms with Gasteiger partial charge < -0.3 is 10.2 Å². The van der Waals surface area contributed by atoms with Crippen molar-refractivity contribution in [2.45, 2.75) is 37.7 Å². The second kappa shape index (κ2) is 5.29. The average molecular weight is 268 g/mol. The molecule has 104 valence electrons. The molecule has 1 unspecified atom stereocenters. The second-order valence-corrected chi connectivity index (χ2v) is 5.74. The van der Waals surface area contributed by atoms with E-state index in [9.17, 15) is 10.2 Å². The van der Waals surface area contributed by atoms with Crippen LogP contribution >= 0.6 is 0 Å². The fourth-order valence-electron chi connectivity index (χ4n) is 3.19. The van der Waals surface area contributed by atoms with Crippen LogP contribution in [0.1, 0.15) is 36.0 Å². The van der Waals surface area contributed by atoms with Crippen molar-refractivity contribution < 1.29 is 10.2 Å². The van der Waals surface area contributed by atoms with Crippen LogP contribution in [-0.4, -0.2) is 10.2 Å². The minimum Gasteiger partial charge on any atom is -0.508 e. The minimum absolute atomic E-state index is 0.266. The molecule has 0 saturated heterocycles. The molecule has 2 heteroatoms. The predicted octanol–water partition coefficient (Wildman–Crippen LogP) is 3.55. The van der Waals surface area contributed by atoms with Gasteiger partial charge >= 0.3 is 0 Å². The van der Waals surface area contributed by atoms with Crippen molar-refractivity contribution in [2.75, 3.05) is 0 Å². The lowest BCUT2D eigenvalue weighted by atomic mass is 9.83. The summed E-state index contributed by atoms with van der Waals surface area (Å²) in [4.78, 5) is 0. The molecule has 0 bridgehead atoms. The van der Waals surface area contributed by atoms with E-state index in [1.54, 1.807) is 12.1 Å². The summed E-state index contributed by atoms with van der Waals surface area (Å²) in [5.41, 5.74) is 2.61. The Morgan fingerprint density at radius 3 is 2.50 bits per heavy atom. The molecule has 2 N–H and O–H groups in total. The molecule has 2 aromatic rings. The van der Waals surface area contributed by atoms with Crippen LogP contribution in [0.2, 0.25) is 0 Å². The zero-order valence-corrected chi connectivity index (χ0v) is 11.5. The molecule has 0 radical (unpaired) electrons. The Balaban J connectivity index is 1.96. The van der Waals surface area contributed by atoms with Crippen LogP contribution in [0.3, 0.4) is 0 Å². The van der Waals surface area contributed by atoms with Gasteiger partial charge in [0.1, 0.15) is 5.75 Å². The number of phenols is 1. The van der Waals surface area contributed by atoms with E-state index < -0.39 is 5.60 Å². The Kier molecular flexibility index (Phi) is 3.49. The Bertz CT molecular complexity index is 589. The maximum Gasteiger partial charge on any atom is 0.115 e. The molecule has 0 heterocycles. The topological polar surface area (TPSA) is 40.5 Å². The molecule has 1 aliphatic carbocycles. The lowest BCUT2D eigenvalue weighted by molar-refractivity contribution is 0.0272. The van der Waals surface area contributed by atoms with Gasteiger partial charge in [0.25, 0.3) is 0 Å². The van der Waals surface area contributed by atoms with E-state index in [2.05, 4.69) is 12.1 Å². The lowest BCUT2D eigenvalue weighted by Crippen LogP contribution is -2.28. The van der Waals surface area contributed by atoms with E-state index in [1.165, 1.54) is 5.56 Å². The first-order chi connectivity index (χ1) is 9.67. The number of hydrogen-bond donors (Lipinski definition) is 2. The van der Waals surface area contributed by atoms with Crippen molar-refractivity contribution in [3.63, 3.8) is 0 Å². The largest absolute Gasteiger partial charge is 0.508 e. The summed E-state index contributed by atoms with van der Waals surface area (Å²) < 4.78 is 0. The number of aromatic hydroxyl groups is 1. The average Bonchev–Trinajstić information content (AvgIpc) is 2.62. The van der Waals surface area contributed by atoms with E-state index in [1.807, 2.05) is 24.3 Å². The maximum absolute atomic E-state index is 11.2. The van der Waals surface area contributed by atoms with Crippen molar-refractivity contribution in [1.29, 1.82) is 0 Å². The van der Waals surface area contributed by atoms with Crippen LogP contribution < -0.4 is 0 Å². The van der Waals surface area contributed by atoms with Crippen LogP contribution in [0.25, 0.3) is 0 Å². The fraction of sp³-hybridized carbons (Fsp3) is 0.333. The number of phenolic OH excluding ortho intramolecular Hbond substituents is 1. The lowest BCUT2D eigenvalue weighted by Gasteiger charge is -2.29. The molecular weight excluding hydrogens is 248 g/mol. The van der Waals surface area contributed by atoms with Crippen LogP contribution in [0.15, 0.2) is 48.5 Å². The Labute approximate surface area is 119 Å². The third kappa shape index (κ3) is 2.56. The smallest absolute Gasteiger partial charge is 0.115 e. The third-order valence-electron chi connectivity index (χ3n) is 4.24. The molecule has 2 aromatic carbocycles. The number of fused-ring (bicyclic) bond motifs is 1. The van der Waals surface area contributed by atoms with E-state index in [0.717, 1.165) is 36.8 Å². The van der Waals surface area contributed by atoms with Crippen molar-refractivity contribution in [1.82, 2.24) is 0 Å². The monoisotopic (exact) mass is 268 g/mol. The van der Waals surface area contributed by atoms with Crippen molar-refractivity contribution in [2.24, 2.45) is 0 Å². The SMILES string of the molecule is Oc1ccc(CC2(O)CCCCc3ccccc32)cc1. The molecule has 0 aromatic heterocycles. The van der Waals surface area contributed by atoms with Gasteiger partial charge in [-0.1, -0.05) is 36.4 Å². The normalized spacial score (nSPS) is 22.1. The van der Waals surface area contributed by atoms with Gasteiger partial charge in [-0.25, -0.2) is 0 Å². The van der Waals surface area contributed by atoms with Crippen LogP contribution in [0, 0.1) is 0 Å². The molecule has 1 atom stereocenters. The van der Waals surface area contributed by atoms with Crippen molar-refractivity contribution in [3.8, 4) is 5.75 Å². The van der Waals surface area contributed by atoms with E-state index in [0.29, 0.717) is 6.42 Å². The number of aryl methyl sites for hydroxylation is 1. The third-order valence-corrected chi connectivity index (χ3v) is 4.24. The minimum atomic E-state index is -0.788. The van der Waals surface area contributed by atoms with Gasteiger partial charge in [0, 0.05) is 6.42 Å². The highest BCUT2D eigenvalue weighted by molar-refractivity contribution is 5.36.